The summed E-state index contributed by atoms with van der Waals surface area (Å²) in [7, 11) is 1.69. The number of ether oxygens (including phenoxy) is 3. The summed E-state index contributed by atoms with van der Waals surface area (Å²) in [5.41, 5.74) is -0.101. The molecule has 0 radical (unpaired) electrons. The normalized spacial score (nSPS) is 25.5. The highest BCUT2D eigenvalue weighted by atomic mass is 16.5. The topological polar surface area (TPSA) is 39.7 Å². The lowest BCUT2D eigenvalue weighted by molar-refractivity contribution is -0.0698. The number of methoxy groups -OCH3 is 1. The van der Waals surface area contributed by atoms with E-state index in [9.17, 15) is 0 Å². The first kappa shape index (κ1) is 15.9. The maximum atomic E-state index is 6.05. The molecule has 0 aromatic rings. The van der Waals surface area contributed by atoms with E-state index in [1.807, 2.05) is 0 Å². The predicted octanol–water partition coefficient (Wildman–Crippen LogP) is 1.98. The predicted molar refractivity (Wildman–Crippen MR) is 73.0 cm³/mol. The van der Waals surface area contributed by atoms with Gasteiger partial charge in [-0.2, -0.15) is 0 Å². The molecule has 0 saturated carbocycles. The Hall–Kier alpha value is -0.160. The Morgan fingerprint density at radius 1 is 1.17 bits per heavy atom. The molecule has 1 fully saturated rings. The molecule has 0 aromatic heterocycles. The van der Waals surface area contributed by atoms with E-state index in [0.717, 1.165) is 26.0 Å². The molecule has 108 valence electrons. The van der Waals surface area contributed by atoms with Crippen molar-refractivity contribution in [2.45, 2.75) is 57.8 Å². The maximum Gasteiger partial charge on any atom is 0.0787 e. The largest absolute Gasteiger partial charge is 0.382 e. The van der Waals surface area contributed by atoms with Crippen LogP contribution in [0.15, 0.2) is 0 Å². The van der Waals surface area contributed by atoms with Gasteiger partial charge in [-0.1, -0.05) is 0 Å². The zero-order valence-corrected chi connectivity index (χ0v) is 12.5. The molecule has 1 aliphatic rings. The minimum atomic E-state index is -0.0829. The van der Waals surface area contributed by atoms with Gasteiger partial charge in [-0.3, -0.25) is 0 Å². The highest BCUT2D eigenvalue weighted by Crippen LogP contribution is 2.37. The molecule has 1 atom stereocenters. The van der Waals surface area contributed by atoms with Crippen LogP contribution in [0.1, 0.15) is 40.5 Å². The van der Waals surface area contributed by atoms with Crippen LogP contribution >= 0.6 is 0 Å². The van der Waals surface area contributed by atoms with Crippen molar-refractivity contribution in [1.29, 1.82) is 0 Å². The van der Waals surface area contributed by atoms with Gasteiger partial charge in [-0.15, -0.1) is 0 Å². The van der Waals surface area contributed by atoms with Crippen LogP contribution in [0, 0.1) is 0 Å². The van der Waals surface area contributed by atoms with Gasteiger partial charge in [0.15, 0.2) is 0 Å². The Balaban J connectivity index is 2.12. The van der Waals surface area contributed by atoms with Gasteiger partial charge in [0.05, 0.1) is 24.4 Å². The molecule has 1 heterocycles. The molecule has 18 heavy (non-hydrogen) atoms. The van der Waals surface area contributed by atoms with Crippen LogP contribution in [0.3, 0.4) is 0 Å². The van der Waals surface area contributed by atoms with E-state index in [1.54, 1.807) is 7.11 Å². The molecular weight excluding hydrogens is 230 g/mol. The molecule has 4 heteroatoms. The van der Waals surface area contributed by atoms with Gasteiger partial charge < -0.3 is 19.5 Å². The van der Waals surface area contributed by atoms with Crippen molar-refractivity contribution in [3.63, 3.8) is 0 Å². The lowest BCUT2D eigenvalue weighted by Crippen LogP contribution is -2.43. The summed E-state index contributed by atoms with van der Waals surface area (Å²) in [5.74, 6) is 0. The van der Waals surface area contributed by atoms with E-state index in [2.05, 4.69) is 33.0 Å². The molecule has 1 saturated heterocycles. The van der Waals surface area contributed by atoms with Gasteiger partial charge in [0.25, 0.3) is 0 Å². The summed E-state index contributed by atoms with van der Waals surface area (Å²) in [6.07, 6.45) is 2.08. The number of hydrogen-bond donors (Lipinski definition) is 1. The van der Waals surface area contributed by atoms with Crippen LogP contribution in [0.25, 0.3) is 0 Å². The molecule has 0 bridgehead atoms. The van der Waals surface area contributed by atoms with Crippen LogP contribution in [-0.4, -0.2) is 50.7 Å². The van der Waals surface area contributed by atoms with Gasteiger partial charge in [-0.05, 0) is 47.1 Å². The van der Waals surface area contributed by atoms with Crippen molar-refractivity contribution in [3.05, 3.63) is 0 Å². The molecule has 0 aliphatic carbocycles. The number of hydrogen-bond acceptors (Lipinski definition) is 4. The Bertz CT molecular complexity index is 241. The monoisotopic (exact) mass is 259 g/mol. The van der Waals surface area contributed by atoms with Crippen molar-refractivity contribution in [2.24, 2.45) is 0 Å². The average Bonchev–Trinajstić information content (AvgIpc) is 2.45. The first-order chi connectivity index (χ1) is 8.37. The minimum absolute atomic E-state index is 0.0177. The highest BCUT2D eigenvalue weighted by Gasteiger charge is 2.45. The second-order valence-electron chi connectivity index (χ2n) is 6.13. The fourth-order valence-electron chi connectivity index (χ4n) is 2.58. The SMILES string of the molecule is COCCOCCCNC1CC(C)(C)OC1(C)C. The zero-order chi connectivity index (χ0) is 13.6. The second kappa shape index (κ2) is 6.85. The summed E-state index contributed by atoms with van der Waals surface area (Å²) in [6, 6.07) is 0.423. The Morgan fingerprint density at radius 2 is 1.89 bits per heavy atom. The molecule has 1 rings (SSSR count). The van der Waals surface area contributed by atoms with E-state index in [0.29, 0.717) is 19.3 Å². The van der Waals surface area contributed by atoms with Gasteiger partial charge in [-0.25, -0.2) is 0 Å². The molecule has 1 aliphatic heterocycles. The lowest BCUT2D eigenvalue weighted by Gasteiger charge is -2.27. The van der Waals surface area contributed by atoms with E-state index in [1.165, 1.54) is 0 Å². The van der Waals surface area contributed by atoms with Crippen LogP contribution in [0.4, 0.5) is 0 Å². The summed E-state index contributed by atoms with van der Waals surface area (Å²) in [5, 5.41) is 3.58. The van der Waals surface area contributed by atoms with E-state index >= 15 is 0 Å². The van der Waals surface area contributed by atoms with Crippen LogP contribution in [-0.2, 0) is 14.2 Å². The smallest absolute Gasteiger partial charge is 0.0787 e. The van der Waals surface area contributed by atoms with E-state index in [-0.39, 0.29) is 11.2 Å². The quantitative estimate of drug-likeness (QED) is 0.677. The van der Waals surface area contributed by atoms with Gasteiger partial charge in [0.1, 0.15) is 0 Å². The summed E-state index contributed by atoms with van der Waals surface area (Å²) < 4.78 is 16.4. The van der Waals surface area contributed by atoms with Gasteiger partial charge in [0, 0.05) is 19.8 Å². The Labute approximate surface area is 111 Å². The molecular formula is C14H29NO3. The lowest BCUT2D eigenvalue weighted by atomic mass is 9.94. The molecule has 4 nitrogen and oxygen atoms in total. The second-order valence-corrected chi connectivity index (χ2v) is 6.13. The van der Waals surface area contributed by atoms with Crippen molar-refractivity contribution < 1.29 is 14.2 Å². The van der Waals surface area contributed by atoms with E-state index in [4.69, 9.17) is 14.2 Å². The Kier molecular flexibility index (Phi) is 6.05. The standard InChI is InChI=1S/C14H29NO3/c1-13(2)11-12(14(3,4)18-13)15-7-6-8-17-10-9-16-5/h12,15H,6-11H2,1-5H3. The first-order valence-corrected chi connectivity index (χ1v) is 6.88. The fourth-order valence-corrected chi connectivity index (χ4v) is 2.58. The van der Waals surface area contributed by atoms with Gasteiger partial charge in [0.2, 0.25) is 0 Å². The van der Waals surface area contributed by atoms with Crippen LogP contribution in [0.5, 0.6) is 0 Å². The summed E-state index contributed by atoms with van der Waals surface area (Å²) in [6.45, 7) is 11.7. The van der Waals surface area contributed by atoms with Crippen molar-refractivity contribution >= 4 is 0 Å². The number of rotatable bonds is 8. The molecule has 1 unspecified atom stereocenters. The van der Waals surface area contributed by atoms with Crippen molar-refractivity contribution in [1.82, 2.24) is 5.32 Å². The highest BCUT2D eigenvalue weighted by molar-refractivity contribution is 4.98. The summed E-state index contributed by atoms with van der Waals surface area (Å²) >= 11 is 0. The summed E-state index contributed by atoms with van der Waals surface area (Å²) in [4.78, 5) is 0. The maximum absolute atomic E-state index is 6.05. The zero-order valence-electron chi connectivity index (χ0n) is 12.5. The molecule has 0 spiro atoms. The van der Waals surface area contributed by atoms with E-state index < -0.39 is 0 Å². The third kappa shape index (κ3) is 5.22. The Morgan fingerprint density at radius 3 is 2.44 bits per heavy atom. The first-order valence-electron chi connectivity index (χ1n) is 6.88. The molecule has 0 aromatic carbocycles. The number of nitrogens with one attached hydrogen (secondary N) is 1. The fraction of sp³-hybridized carbons (Fsp3) is 1.00. The van der Waals surface area contributed by atoms with Crippen molar-refractivity contribution in [2.75, 3.05) is 33.5 Å². The van der Waals surface area contributed by atoms with Crippen molar-refractivity contribution in [3.8, 4) is 0 Å². The third-order valence-electron chi connectivity index (χ3n) is 3.36. The van der Waals surface area contributed by atoms with Gasteiger partial charge >= 0.3 is 0 Å². The minimum Gasteiger partial charge on any atom is -0.382 e. The molecule has 0 amide bonds. The van der Waals surface area contributed by atoms with Crippen LogP contribution < -0.4 is 5.32 Å². The van der Waals surface area contributed by atoms with Crippen LogP contribution in [0.2, 0.25) is 0 Å². The third-order valence-corrected chi connectivity index (χ3v) is 3.36. The average molecular weight is 259 g/mol. The molecule has 1 N–H and O–H groups in total.